The van der Waals surface area contributed by atoms with E-state index in [9.17, 15) is 9.59 Å². The Morgan fingerprint density at radius 3 is 2.70 bits per heavy atom. The first-order valence-electron chi connectivity index (χ1n) is 5.65. The Hall–Kier alpha value is -2.73. The van der Waals surface area contributed by atoms with Gasteiger partial charge in [0.15, 0.2) is 5.78 Å². The van der Waals surface area contributed by atoms with Gasteiger partial charge in [-0.1, -0.05) is 5.11 Å². The molecule has 0 heterocycles. The highest BCUT2D eigenvalue weighted by molar-refractivity contribution is 6.02. The van der Waals surface area contributed by atoms with Crippen molar-refractivity contribution in [2.75, 3.05) is 27.3 Å². The Morgan fingerprint density at radius 1 is 1.35 bits per heavy atom. The van der Waals surface area contributed by atoms with Crippen LogP contribution >= 0.6 is 0 Å². The first-order chi connectivity index (χ1) is 9.62. The second-order valence-corrected chi connectivity index (χ2v) is 3.66. The van der Waals surface area contributed by atoms with Crippen LogP contribution in [-0.2, 0) is 4.79 Å². The van der Waals surface area contributed by atoms with E-state index in [0.29, 0.717) is 17.1 Å². The Balaban J connectivity index is 2.76. The normalized spacial score (nSPS) is 9.30. The lowest BCUT2D eigenvalue weighted by atomic mass is 10.1. The van der Waals surface area contributed by atoms with Crippen molar-refractivity contribution >= 4 is 11.7 Å². The number of azide groups is 1. The fourth-order valence-corrected chi connectivity index (χ4v) is 1.46. The smallest absolute Gasteiger partial charge is 0.226 e. The molecule has 0 saturated carbocycles. The minimum absolute atomic E-state index is 0.219. The largest absolute Gasteiger partial charge is 0.497 e. The van der Waals surface area contributed by atoms with Crippen LogP contribution in [-0.4, -0.2) is 39.0 Å². The Bertz CT molecular complexity index is 552. The second-order valence-electron chi connectivity index (χ2n) is 3.66. The molecule has 0 aromatic heterocycles. The fourth-order valence-electron chi connectivity index (χ4n) is 1.46. The fraction of sp³-hybridized carbons (Fsp3) is 0.333. The van der Waals surface area contributed by atoms with E-state index in [2.05, 4.69) is 15.3 Å². The number of amides is 1. The van der Waals surface area contributed by atoms with Crippen LogP contribution in [0, 0.1) is 0 Å². The molecule has 0 aliphatic carbocycles. The highest BCUT2D eigenvalue weighted by Crippen LogP contribution is 2.24. The average Bonchev–Trinajstić information content (AvgIpc) is 2.49. The van der Waals surface area contributed by atoms with E-state index in [-0.39, 0.29) is 18.9 Å². The molecule has 1 aromatic rings. The summed E-state index contributed by atoms with van der Waals surface area (Å²) in [6, 6.07) is 4.80. The molecule has 1 aromatic carbocycles. The van der Waals surface area contributed by atoms with Crippen LogP contribution in [0.3, 0.4) is 0 Å². The van der Waals surface area contributed by atoms with Gasteiger partial charge in [-0.05, 0) is 23.7 Å². The van der Waals surface area contributed by atoms with Gasteiger partial charge >= 0.3 is 0 Å². The summed E-state index contributed by atoms with van der Waals surface area (Å²) in [6.45, 7) is -0.567. The molecule has 1 N–H and O–H groups in total. The number of carbonyl (C=O) groups is 2. The van der Waals surface area contributed by atoms with E-state index >= 15 is 0 Å². The Kier molecular flexibility index (Phi) is 5.86. The topological polar surface area (TPSA) is 113 Å². The number of methoxy groups -OCH3 is 2. The predicted molar refractivity (Wildman–Crippen MR) is 70.9 cm³/mol. The third kappa shape index (κ3) is 4.18. The summed E-state index contributed by atoms with van der Waals surface area (Å²) in [5.74, 6) is 0.0303. The molecule has 0 spiro atoms. The van der Waals surface area contributed by atoms with Crippen molar-refractivity contribution in [3.63, 3.8) is 0 Å². The summed E-state index contributed by atoms with van der Waals surface area (Å²) in [5, 5.41) is 5.45. The maximum absolute atomic E-state index is 12.0. The number of rotatable bonds is 7. The number of benzene rings is 1. The van der Waals surface area contributed by atoms with Gasteiger partial charge in [0.2, 0.25) is 5.91 Å². The van der Waals surface area contributed by atoms with Crippen molar-refractivity contribution in [1.82, 2.24) is 5.32 Å². The van der Waals surface area contributed by atoms with Gasteiger partial charge in [-0.3, -0.25) is 9.59 Å². The first kappa shape index (κ1) is 15.3. The van der Waals surface area contributed by atoms with E-state index in [1.807, 2.05) is 0 Å². The van der Waals surface area contributed by atoms with Crippen molar-refractivity contribution in [2.45, 2.75) is 0 Å². The molecule has 0 saturated heterocycles. The highest BCUT2D eigenvalue weighted by atomic mass is 16.5. The molecule has 20 heavy (non-hydrogen) atoms. The Morgan fingerprint density at radius 2 is 2.10 bits per heavy atom. The SMILES string of the molecule is COc1ccc(OC)c(C(=O)CNC(=O)CN=[N+]=[N-])c1. The van der Waals surface area contributed by atoms with Crippen LogP contribution in [0.15, 0.2) is 23.3 Å². The van der Waals surface area contributed by atoms with Crippen molar-refractivity contribution < 1.29 is 19.1 Å². The standard InChI is InChI=1S/C12H14N4O4/c1-19-8-3-4-11(20-2)9(5-8)10(17)6-14-12(18)7-15-16-13/h3-5H,6-7H2,1-2H3,(H,14,18). The zero-order chi connectivity index (χ0) is 15.0. The number of ether oxygens (including phenoxy) is 2. The molecule has 0 bridgehead atoms. The zero-order valence-corrected chi connectivity index (χ0v) is 11.1. The summed E-state index contributed by atoms with van der Waals surface area (Å²) in [6.07, 6.45) is 0. The number of nitrogens with zero attached hydrogens (tertiary/aromatic N) is 3. The number of hydrogen-bond acceptors (Lipinski definition) is 5. The van der Waals surface area contributed by atoms with Gasteiger partial charge in [0.25, 0.3) is 0 Å². The van der Waals surface area contributed by atoms with Crippen LogP contribution in [0.25, 0.3) is 10.4 Å². The molecular formula is C12H14N4O4. The van der Waals surface area contributed by atoms with E-state index in [1.165, 1.54) is 20.3 Å². The van der Waals surface area contributed by atoms with Crippen molar-refractivity contribution in [1.29, 1.82) is 0 Å². The average molecular weight is 278 g/mol. The van der Waals surface area contributed by atoms with Crippen molar-refractivity contribution in [2.24, 2.45) is 5.11 Å². The van der Waals surface area contributed by atoms with Crippen LogP contribution in [0.1, 0.15) is 10.4 Å². The molecule has 0 unspecified atom stereocenters. The number of Topliss-reactive ketones (excluding diaryl/α,β-unsaturated/α-hetero) is 1. The molecule has 0 radical (unpaired) electrons. The summed E-state index contributed by atoms with van der Waals surface area (Å²) in [7, 11) is 2.93. The van der Waals surface area contributed by atoms with E-state index < -0.39 is 5.91 Å². The Labute approximate surface area is 115 Å². The lowest BCUT2D eigenvalue weighted by molar-refractivity contribution is -0.119. The number of ketones is 1. The van der Waals surface area contributed by atoms with Crippen LogP contribution in [0.2, 0.25) is 0 Å². The molecule has 0 fully saturated rings. The van der Waals surface area contributed by atoms with Gasteiger partial charge in [-0.25, -0.2) is 0 Å². The van der Waals surface area contributed by atoms with Gasteiger partial charge in [-0.2, -0.15) is 0 Å². The molecule has 1 amide bonds. The third-order valence-corrected chi connectivity index (χ3v) is 2.43. The zero-order valence-electron chi connectivity index (χ0n) is 11.1. The van der Waals surface area contributed by atoms with Crippen LogP contribution < -0.4 is 14.8 Å². The summed E-state index contributed by atoms with van der Waals surface area (Å²) in [5.41, 5.74) is 8.38. The molecule has 0 aliphatic heterocycles. The molecule has 0 atom stereocenters. The van der Waals surface area contributed by atoms with E-state index in [1.54, 1.807) is 12.1 Å². The monoisotopic (exact) mass is 278 g/mol. The molecule has 106 valence electrons. The summed E-state index contributed by atoms with van der Waals surface area (Å²) >= 11 is 0. The van der Waals surface area contributed by atoms with Gasteiger partial charge in [0.1, 0.15) is 18.0 Å². The van der Waals surface area contributed by atoms with E-state index in [4.69, 9.17) is 15.0 Å². The summed E-state index contributed by atoms with van der Waals surface area (Å²) in [4.78, 5) is 25.7. The van der Waals surface area contributed by atoms with E-state index in [0.717, 1.165) is 0 Å². The summed E-state index contributed by atoms with van der Waals surface area (Å²) < 4.78 is 10.1. The van der Waals surface area contributed by atoms with Crippen LogP contribution in [0.4, 0.5) is 0 Å². The predicted octanol–water partition coefficient (Wildman–Crippen LogP) is 1.31. The van der Waals surface area contributed by atoms with Gasteiger partial charge in [0, 0.05) is 4.91 Å². The van der Waals surface area contributed by atoms with Crippen molar-refractivity contribution in [3.05, 3.63) is 34.2 Å². The highest BCUT2D eigenvalue weighted by Gasteiger charge is 2.14. The van der Waals surface area contributed by atoms with Gasteiger partial charge in [-0.15, -0.1) is 0 Å². The third-order valence-electron chi connectivity index (χ3n) is 2.43. The lowest BCUT2D eigenvalue weighted by Gasteiger charge is -2.10. The number of nitrogens with one attached hydrogen (secondary N) is 1. The quantitative estimate of drug-likeness (QED) is 0.350. The maximum atomic E-state index is 12.0. The molecule has 1 rings (SSSR count). The van der Waals surface area contributed by atoms with Crippen molar-refractivity contribution in [3.8, 4) is 11.5 Å². The number of hydrogen-bond donors (Lipinski definition) is 1. The molecular weight excluding hydrogens is 264 g/mol. The van der Waals surface area contributed by atoms with Gasteiger partial charge in [0.05, 0.1) is 26.3 Å². The number of carbonyl (C=O) groups excluding carboxylic acids is 2. The van der Waals surface area contributed by atoms with Gasteiger partial charge < -0.3 is 14.8 Å². The minimum Gasteiger partial charge on any atom is -0.497 e. The molecule has 8 nitrogen and oxygen atoms in total. The lowest BCUT2D eigenvalue weighted by Crippen LogP contribution is -2.31. The second kappa shape index (κ2) is 7.65. The van der Waals surface area contributed by atoms with Crippen LogP contribution in [0.5, 0.6) is 11.5 Å². The molecule has 0 aliphatic rings. The molecule has 8 heteroatoms. The first-order valence-corrected chi connectivity index (χ1v) is 5.65. The maximum Gasteiger partial charge on any atom is 0.226 e. The minimum atomic E-state index is -0.530.